The van der Waals surface area contributed by atoms with Crippen LogP contribution < -0.4 is 0 Å². The summed E-state index contributed by atoms with van der Waals surface area (Å²) in [6.45, 7) is 15.1. The molecule has 0 radical (unpaired) electrons. The van der Waals surface area contributed by atoms with E-state index in [4.69, 9.17) is 4.99 Å². The average molecular weight is 466 g/mol. The van der Waals surface area contributed by atoms with E-state index >= 15 is 0 Å². The lowest BCUT2D eigenvalue weighted by Gasteiger charge is -2.29. The van der Waals surface area contributed by atoms with E-state index in [2.05, 4.69) is 60.6 Å². The molecule has 1 unspecified atom stereocenters. The molecule has 1 aliphatic heterocycles. The monoisotopic (exact) mass is 465 g/mol. The van der Waals surface area contributed by atoms with Crippen molar-refractivity contribution in [3.05, 3.63) is 63.4 Å². The SMILES string of the molecule is C/C=C(\C=NCC)C1=CN=C2C(Cc3cc(C)ns3)=CC(C3CCCCC3)=CC12.CC.CC. The van der Waals surface area contributed by atoms with Gasteiger partial charge in [0, 0.05) is 36.2 Å². The first-order chi connectivity index (χ1) is 16.2. The van der Waals surface area contributed by atoms with Gasteiger partial charge in [-0.3, -0.25) is 9.98 Å². The van der Waals surface area contributed by atoms with Crippen LogP contribution in [0.1, 0.15) is 84.2 Å². The van der Waals surface area contributed by atoms with Crippen LogP contribution in [0.4, 0.5) is 0 Å². The summed E-state index contributed by atoms with van der Waals surface area (Å²) in [6, 6.07) is 2.22. The normalized spacial score (nSPS) is 20.6. The number of aromatic nitrogens is 1. The lowest BCUT2D eigenvalue weighted by molar-refractivity contribution is 0.406. The predicted octanol–water partition coefficient (Wildman–Crippen LogP) is 8.48. The zero-order valence-electron chi connectivity index (χ0n) is 21.8. The summed E-state index contributed by atoms with van der Waals surface area (Å²) in [5.74, 6) is 0.958. The molecule has 2 aliphatic carbocycles. The summed E-state index contributed by atoms with van der Waals surface area (Å²) in [6.07, 6.45) is 18.9. The molecule has 1 aromatic rings. The summed E-state index contributed by atoms with van der Waals surface area (Å²) in [5.41, 5.74) is 7.72. The lowest BCUT2D eigenvalue weighted by atomic mass is 9.75. The van der Waals surface area contributed by atoms with Crippen LogP contribution >= 0.6 is 11.5 Å². The van der Waals surface area contributed by atoms with E-state index in [1.165, 1.54) is 65.0 Å². The van der Waals surface area contributed by atoms with Gasteiger partial charge in [0.15, 0.2) is 0 Å². The largest absolute Gasteiger partial charge is 0.293 e. The van der Waals surface area contributed by atoms with E-state index in [-0.39, 0.29) is 5.92 Å². The summed E-state index contributed by atoms with van der Waals surface area (Å²) in [7, 11) is 0. The number of hydrogen-bond acceptors (Lipinski definition) is 4. The van der Waals surface area contributed by atoms with Crippen molar-refractivity contribution in [1.29, 1.82) is 0 Å². The molecule has 1 fully saturated rings. The topological polar surface area (TPSA) is 37.6 Å². The fourth-order valence-electron chi connectivity index (χ4n) is 4.69. The Hall–Kier alpha value is -2.07. The Morgan fingerprint density at radius 2 is 1.88 bits per heavy atom. The molecule has 0 amide bonds. The van der Waals surface area contributed by atoms with Crippen LogP contribution in [-0.4, -0.2) is 22.8 Å². The molecule has 1 saturated carbocycles. The molecule has 2 heterocycles. The Morgan fingerprint density at radius 3 is 2.48 bits per heavy atom. The number of rotatable bonds is 6. The molecule has 4 heteroatoms. The zero-order chi connectivity index (χ0) is 24.2. The fourth-order valence-corrected chi connectivity index (χ4v) is 5.45. The summed E-state index contributed by atoms with van der Waals surface area (Å²) >= 11 is 1.62. The molecule has 0 bridgehead atoms. The molecule has 0 spiro atoms. The summed E-state index contributed by atoms with van der Waals surface area (Å²) in [4.78, 5) is 10.7. The van der Waals surface area contributed by atoms with Crippen molar-refractivity contribution < 1.29 is 0 Å². The third kappa shape index (κ3) is 6.96. The molecular formula is C29H43N3S. The van der Waals surface area contributed by atoms with Crippen molar-refractivity contribution in [2.45, 2.75) is 87.0 Å². The van der Waals surface area contributed by atoms with Gasteiger partial charge in [0.2, 0.25) is 0 Å². The van der Waals surface area contributed by atoms with Crippen LogP contribution in [-0.2, 0) is 6.42 Å². The van der Waals surface area contributed by atoms with E-state index in [9.17, 15) is 0 Å². The van der Waals surface area contributed by atoms with Gasteiger partial charge in [0.1, 0.15) is 0 Å². The summed E-state index contributed by atoms with van der Waals surface area (Å²) < 4.78 is 4.49. The van der Waals surface area contributed by atoms with Crippen molar-refractivity contribution in [2.24, 2.45) is 21.8 Å². The second-order valence-electron chi connectivity index (χ2n) is 8.23. The van der Waals surface area contributed by atoms with E-state index in [1.54, 1.807) is 11.5 Å². The van der Waals surface area contributed by atoms with E-state index < -0.39 is 0 Å². The van der Waals surface area contributed by atoms with Crippen LogP contribution in [0, 0.1) is 18.8 Å². The first-order valence-electron chi connectivity index (χ1n) is 13.0. The highest BCUT2D eigenvalue weighted by atomic mass is 32.1. The second kappa shape index (κ2) is 14.2. The van der Waals surface area contributed by atoms with Gasteiger partial charge in [-0.25, -0.2) is 0 Å². The van der Waals surface area contributed by atoms with Crippen molar-refractivity contribution in [2.75, 3.05) is 6.54 Å². The number of hydrogen-bond donors (Lipinski definition) is 0. The first kappa shape index (κ1) is 27.2. The number of aliphatic imine (C=N–C) groups is 2. The Balaban J connectivity index is 0.000000914. The summed E-state index contributed by atoms with van der Waals surface area (Å²) in [5, 5.41) is 0. The third-order valence-corrected chi connectivity index (χ3v) is 7.05. The molecule has 0 saturated heterocycles. The lowest BCUT2D eigenvalue weighted by Crippen LogP contribution is -2.23. The van der Waals surface area contributed by atoms with Gasteiger partial charge in [0.25, 0.3) is 0 Å². The van der Waals surface area contributed by atoms with Gasteiger partial charge in [-0.05, 0) is 79.4 Å². The maximum atomic E-state index is 4.90. The van der Waals surface area contributed by atoms with E-state index in [0.29, 0.717) is 5.92 Å². The maximum Gasteiger partial charge on any atom is 0.0553 e. The molecule has 1 aromatic heterocycles. The zero-order valence-corrected chi connectivity index (χ0v) is 22.6. The van der Waals surface area contributed by atoms with E-state index in [1.807, 2.05) is 33.9 Å². The fraction of sp³-hybridized carbons (Fsp3) is 0.552. The van der Waals surface area contributed by atoms with Crippen LogP contribution in [0.15, 0.2) is 62.8 Å². The molecule has 180 valence electrons. The van der Waals surface area contributed by atoms with Crippen LogP contribution in [0.2, 0.25) is 0 Å². The van der Waals surface area contributed by atoms with Gasteiger partial charge in [-0.1, -0.05) is 65.2 Å². The van der Waals surface area contributed by atoms with Crippen LogP contribution in [0.5, 0.6) is 0 Å². The van der Waals surface area contributed by atoms with Gasteiger partial charge >= 0.3 is 0 Å². The minimum atomic E-state index is 0.260. The van der Waals surface area contributed by atoms with Crippen LogP contribution in [0.25, 0.3) is 0 Å². The highest BCUT2D eigenvalue weighted by molar-refractivity contribution is 7.05. The quantitative estimate of drug-likeness (QED) is 0.388. The van der Waals surface area contributed by atoms with Gasteiger partial charge < -0.3 is 0 Å². The van der Waals surface area contributed by atoms with Crippen molar-refractivity contribution >= 4 is 23.5 Å². The molecular weight excluding hydrogens is 422 g/mol. The van der Waals surface area contributed by atoms with Gasteiger partial charge in [-0.2, -0.15) is 4.37 Å². The molecule has 0 aromatic carbocycles. The van der Waals surface area contributed by atoms with Crippen molar-refractivity contribution in [3.63, 3.8) is 0 Å². The second-order valence-corrected chi connectivity index (χ2v) is 9.12. The number of fused-ring (bicyclic) bond motifs is 1. The number of allylic oxidation sites excluding steroid dienone is 7. The van der Waals surface area contributed by atoms with Crippen LogP contribution in [0.3, 0.4) is 0 Å². The highest BCUT2D eigenvalue weighted by Crippen LogP contribution is 2.40. The Bertz CT molecular complexity index is 934. The van der Waals surface area contributed by atoms with Crippen molar-refractivity contribution in [3.8, 4) is 0 Å². The molecule has 1 atom stereocenters. The minimum absolute atomic E-state index is 0.260. The van der Waals surface area contributed by atoms with Crippen molar-refractivity contribution in [1.82, 2.24) is 4.37 Å². The Labute approximate surface area is 206 Å². The highest BCUT2D eigenvalue weighted by Gasteiger charge is 2.32. The van der Waals surface area contributed by atoms with Gasteiger partial charge in [0.05, 0.1) is 11.4 Å². The Morgan fingerprint density at radius 1 is 1.15 bits per heavy atom. The molecule has 33 heavy (non-hydrogen) atoms. The smallest absolute Gasteiger partial charge is 0.0553 e. The molecule has 4 rings (SSSR count). The Kier molecular flexibility index (Phi) is 11.7. The van der Waals surface area contributed by atoms with E-state index in [0.717, 1.165) is 18.7 Å². The first-order valence-corrected chi connectivity index (χ1v) is 13.8. The number of aryl methyl sites for hydroxylation is 1. The molecule has 0 N–H and O–H groups in total. The third-order valence-electron chi connectivity index (χ3n) is 6.18. The minimum Gasteiger partial charge on any atom is -0.293 e. The van der Waals surface area contributed by atoms with Gasteiger partial charge in [-0.15, -0.1) is 0 Å². The maximum absolute atomic E-state index is 4.90. The standard InChI is InChI=1S/C25H31N3S.2C2H6/c1-4-18(15-26-5-2)24-16-27-25-21(13-22-11-17(3)28-29-22)12-20(14-23(24)25)19-9-7-6-8-10-19;2*1-2/h4,11-12,14-16,19,23H,5-10,13H2,1-3H3;2*1-2H3/b18-4+,26-15?;;. The number of nitrogens with zero attached hydrogens (tertiary/aromatic N) is 3. The molecule has 3 nitrogen and oxygen atoms in total. The molecule has 3 aliphatic rings. The predicted molar refractivity (Wildman–Crippen MR) is 148 cm³/mol. The average Bonchev–Trinajstić information content (AvgIpc) is 3.49.